The van der Waals surface area contributed by atoms with Crippen LogP contribution in [0.1, 0.15) is 12.5 Å². The molecule has 8 heteroatoms. The molecule has 154 valence electrons. The minimum Gasteiger partial charge on any atom is -0.493 e. The van der Waals surface area contributed by atoms with Gasteiger partial charge in [-0.1, -0.05) is 6.07 Å². The summed E-state index contributed by atoms with van der Waals surface area (Å²) in [4.78, 5) is 5.94. The molecule has 0 bridgehead atoms. The maximum atomic E-state index is 14.1. The first kappa shape index (κ1) is 23.8. The van der Waals surface area contributed by atoms with Crippen molar-refractivity contribution in [1.82, 2.24) is 5.32 Å². The Morgan fingerprint density at radius 3 is 2.46 bits per heavy atom. The Kier molecular flexibility index (Phi) is 9.84. The minimum absolute atomic E-state index is 0. The molecule has 6 nitrogen and oxygen atoms in total. The first-order chi connectivity index (χ1) is 13.0. The van der Waals surface area contributed by atoms with Gasteiger partial charge in [-0.05, 0) is 36.8 Å². The molecular weight excluding hydrogens is 474 g/mol. The topological polar surface area (TPSA) is 58.1 Å². The molecule has 2 aromatic rings. The fourth-order valence-electron chi connectivity index (χ4n) is 2.54. The second-order valence-corrected chi connectivity index (χ2v) is 6.03. The molecule has 0 heterocycles. The third-order valence-corrected chi connectivity index (χ3v) is 3.90. The molecule has 0 fully saturated rings. The van der Waals surface area contributed by atoms with Gasteiger partial charge in [-0.3, -0.25) is 4.99 Å². The van der Waals surface area contributed by atoms with Crippen LogP contribution in [0, 0.1) is 5.82 Å². The predicted octanol–water partition coefficient (Wildman–Crippen LogP) is 4.10. The molecule has 0 radical (unpaired) electrons. The third-order valence-electron chi connectivity index (χ3n) is 3.90. The number of benzene rings is 2. The number of nitrogens with one attached hydrogen (secondary N) is 2. The second-order valence-electron chi connectivity index (χ2n) is 6.03. The highest BCUT2D eigenvalue weighted by atomic mass is 127. The monoisotopic (exact) mass is 502 g/mol. The Morgan fingerprint density at radius 1 is 1.14 bits per heavy atom. The van der Waals surface area contributed by atoms with Gasteiger partial charge in [0.25, 0.3) is 0 Å². The van der Waals surface area contributed by atoms with Crippen LogP contribution in [0.3, 0.4) is 0 Å². The summed E-state index contributed by atoms with van der Waals surface area (Å²) in [6.45, 7) is 2.93. The van der Waals surface area contributed by atoms with Gasteiger partial charge >= 0.3 is 0 Å². The number of anilines is 2. The number of methoxy groups -OCH3 is 1. The van der Waals surface area contributed by atoms with Crippen molar-refractivity contribution in [3.63, 3.8) is 0 Å². The van der Waals surface area contributed by atoms with Crippen LogP contribution >= 0.6 is 24.0 Å². The molecule has 0 aliphatic carbocycles. The first-order valence-electron chi connectivity index (χ1n) is 8.72. The summed E-state index contributed by atoms with van der Waals surface area (Å²) in [5.41, 5.74) is 2.19. The SMILES string of the molecule is CCOc1ccc(NC(=NC)NCc2ccc(N(C)C)c(F)c2)cc1OC.I. The smallest absolute Gasteiger partial charge is 0.195 e. The van der Waals surface area contributed by atoms with E-state index in [4.69, 9.17) is 9.47 Å². The molecule has 0 saturated carbocycles. The average Bonchev–Trinajstić information content (AvgIpc) is 2.66. The van der Waals surface area contributed by atoms with Crippen molar-refractivity contribution >= 4 is 41.3 Å². The van der Waals surface area contributed by atoms with E-state index in [9.17, 15) is 4.39 Å². The number of rotatable bonds is 7. The summed E-state index contributed by atoms with van der Waals surface area (Å²) < 4.78 is 25.0. The van der Waals surface area contributed by atoms with Gasteiger partial charge in [0, 0.05) is 39.4 Å². The van der Waals surface area contributed by atoms with Gasteiger partial charge in [0.1, 0.15) is 5.82 Å². The molecule has 2 N–H and O–H groups in total. The lowest BCUT2D eigenvalue weighted by Crippen LogP contribution is -2.30. The van der Waals surface area contributed by atoms with E-state index in [2.05, 4.69) is 15.6 Å². The van der Waals surface area contributed by atoms with Crippen LogP contribution in [-0.4, -0.2) is 40.8 Å². The predicted molar refractivity (Wildman–Crippen MR) is 124 cm³/mol. The average molecular weight is 502 g/mol. The van der Waals surface area contributed by atoms with E-state index < -0.39 is 0 Å². The van der Waals surface area contributed by atoms with Crippen molar-refractivity contribution in [3.05, 3.63) is 47.8 Å². The Hall–Kier alpha value is -2.23. The highest BCUT2D eigenvalue weighted by Crippen LogP contribution is 2.30. The minimum atomic E-state index is -0.251. The highest BCUT2D eigenvalue weighted by Gasteiger charge is 2.08. The zero-order chi connectivity index (χ0) is 19.8. The number of halogens is 2. The van der Waals surface area contributed by atoms with E-state index in [1.165, 1.54) is 6.07 Å². The molecule has 0 aliphatic rings. The molecule has 0 unspecified atom stereocenters. The van der Waals surface area contributed by atoms with Gasteiger partial charge in [0.05, 0.1) is 19.4 Å². The molecule has 0 spiro atoms. The van der Waals surface area contributed by atoms with E-state index in [1.807, 2.05) is 45.3 Å². The second kappa shape index (κ2) is 11.6. The van der Waals surface area contributed by atoms with Crippen LogP contribution in [0.2, 0.25) is 0 Å². The lowest BCUT2D eigenvalue weighted by Gasteiger charge is -2.16. The van der Waals surface area contributed by atoms with Crippen LogP contribution in [0.4, 0.5) is 15.8 Å². The molecule has 28 heavy (non-hydrogen) atoms. The van der Waals surface area contributed by atoms with Gasteiger partial charge in [-0.2, -0.15) is 0 Å². The Labute approximate surface area is 183 Å². The molecule has 0 aromatic heterocycles. The Bertz CT molecular complexity index is 800. The van der Waals surface area contributed by atoms with Crippen molar-refractivity contribution in [2.45, 2.75) is 13.5 Å². The van der Waals surface area contributed by atoms with E-state index >= 15 is 0 Å². The number of aliphatic imine (C=N–C) groups is 1. The van der Waals surface area contributed by atoms with Crippen molar-refractivity contribution < 1.29 is 13.9 Å². The molecule has 0 aliphatic heterocycles. The number of hydrogen-bond acceptors (Lipinski definition) is 4. The standard InChI is InChI=1S/C20H27FN4O2.HI/c1-6-27-18-10-8-15(12-19(18)26-5)24-20(22-2)23-13-14-7-9-17(25(3)4)16(21)11-14;/h7-12H,6,13H2,1-5H3,(H2,22,23,24);1H. The van der Waals surface area contributed by atoms with E-state index in [-0.39, 0.29) is 29.8 Å². The molecule has 0 amide bonds. The lowest BCUT2D eigenvalue weighted by atomic mass is 10.2. The molecular formula is C20H28FIN4O2. The number of guanidine groups is 1. The fourth-order valence-corrected chi connectivity index (χ4v) is 2.54. The summed E-state index contributed by atoms with van der Waals surface area (Å²) in [6.07, 6.45) is 0. The molecule has 0 saturated heterocycles. The Balaban J connectivity index is 0.00000392. The summed E-state index contributed by atoms with van der Waals surface area (Å²) in [5, 5.41) is 6.36. The van der Waals surface area contributed by atoms with Gasteiger partial charge in [-0.25, -0.2) is 4.39 Å². The zero-order valence-corrected chi connectivity index (χ0v) is 19.2. The Morgan fingerprint density at radius 2 is 1.89 bits per heavy atom. The van der Waals surface area contributed by atoms with Gasteiger partial charge in [-0.15, -0.1) is 24.0 Å². The zero-order valence-electron chi connectivity index (χ0n) is 16.9. The number of ether oxygens (including phenoxy) is 2. The number of hydrogen-bond donors (Lipinski definition) is 2. The maximum absolute atomic E-state index is 14.1. The maximum Gasteiger partial charge on any atom is 0.195 e. The van der Waals surface area contributed by atoms with Crippen LogP contribution in [0.15, 0.2) is 41.4 Å². The van der Waals surface area contributed by atoms with Crippen LogP contribution < -0.4 is 25.0 Å². The van der Waals surface area contributed by atoms with Crippen LogP contribution in [0.5, 0.6) is 11.5 Å². The summed E-state index contributed by atoms with van der Waals surface area (Å²) in [5.74, 6) is 1.64. The molecule has 2 rings (SSSR count). The highest BCUT2D eigenvalue weighted by molar-refractivity contribution is 14.0. The van der Waals surface area contributed by atoms with E-state index in [0.717, 1.165) is 11.3 Å². The lowest BCUT2D eigenvalue weighted by molar-refractivity contribution is 0.311. The van der Waals surface area contributed by atoms with Crippen molar-refractivity contribution in [1.29, 1.82) is 0 Å². The van der Waals surface area contributed by atoms with E-state index in [0.29, 0.717) is 36.3 Å². The normalized spacial score (nSPS) is 10.7. The quantitative estimate of drug-likeness (QED) is 0.339. The molecule has 2 aromatic carbocycles. The van der Waals surface area contributed by atoms with Crippen molar-refractivity contribution in [2.24, 2.45) is 4.99 Å². The van der Waals surface area contributed by atoms with Gasteiger partial charge in [0.2, 0.25) is 0 Å². The molecule has 0 atom stereocenters. The summed E-state index contributed by atoms with van der Waals surface area (Å²) >= 11 is 0. The summed E-state index contributed by atoms with van der Waals surface area (Å²) in [6, 6.07) is 10.7. The van der Waals surface area contributed by atoms with Crippen LogP contribution in [0.25, 0.3) is 0 Å². The van der Waals surface area contributed by atoms with Crippen LogP contribution in [-0.2, 0) is 6.54 Å². The van der Waals surface area contributed by atoms with Gasteiger partial charge in [0.15, 0.2) is 17.5 Å². The fraction of sp³-hybridized carbons (Fsp3) is 0.350. The largest absolute Gasteiger partial charge is 0.493 e. The summed E-state index contributed by atoms with van der Waals surface area (Å²) in [7, 11) is 6.90. The van der Waals surface area contributed by atoms with Crippen molar-refractivity contribution in [2.75, 3.05) is 45.1 Å². The van der Waals surface area contributed by atoms with E-state index in [1.54, 1.807) is 25.1 Å². The first-order valence-corrected chi connectivity index (χ1v) is 8.72. The third kappa shape index (κ3) is 6.43. The van der Waals surface area contributed by atoms with Gasteiger partial charge < -0.3 is 25.0 Å². The van der Waals surface area contributed by atoms with Crippen molar-refractivity contribution in [3.8, 4) is 11.5 Å². The number of nitrogens with zero attached hydrogens (tertiary/aromatic N) is 2.